The fourth-order valence-corrected chi connectivity index (χ4v) is 3.52. The number of hydrogen-bond acceptors (Lipinski definition) is 3. The maximum atomic E-state index is 12.8. The molecule has 0 fully saturated rings. The molecular weight excluding hydrogens is 376 g/mol. The van der Waals surface area contributed by atoms with Crippen LogP contribution < -0.4 is 0 Å². The molecule has 3 rings (SSSR count). The molecule has 1 N–H and O–H groups in total. The number of nitrogens with zero attached hydrogens (tertiary/aromatic N) is 1. The van der Waals surface area contributed by atoms with Gasteiger partial charge in [-0.05, 0) is 50.8 Å². The van der Waals surface area contributed by atoms with E-state index < -0.39 is 0 Å². The molecule has 3 aromatic rings. The van der Waals surface area contributed by atoms with Gasteiger partial charge in [0.1, 0.15) is 0 Å². The Labute approximate surface area is 178 Å². The van der Waals surface area contributed by atoms with E-state index in [1.165, 1.54) is 10.9 Å². The van der Waals surface area contributed by atoms with Crippen molar-refractivity contribution < 1.29 is 14.3 Å². The lowest BCUT2D eigenvalue weighted by Crippen LogP contribution is -2.46. The van der Waals surface area contributed by atoms with Crippen LogP contribution in [0.1, 0.15) is 44.7 Å². The monoisotopic (exact) mass is 406 g/mol. The Hall–Kier alpha value is -3.08. The first kappa shape index (κ1) is 21.6. The molecule has 1 heterocycles. The Morgan fingerprint density at radius 2 is 1.70 bits per heavy atom. The number of nitrogens with one attached hydrogen (secondary N) is 1. The lowest BCUT2D eigenvalue weighted by molar-refractivity contribution is -0.154. The van der Waals surface area contributed by atoms with Crippen LogP contribution >= 0.6 is 0 Å². The zero-order valence-electron chi connectivity index (χ0n) is 18.0. The number of fused-ring (bicyclic) bond motifs is 1. The van der Waals surface area contributed by atoms with Gasteiger partial charge in [0.25, 0.3) is 5.91 Å². The Balaban J connectivity index is 1.48. The zero-order valence-corrected chi connectivity index (χ0v) is 18.0. The van der Waals surface area contributed by atoms with Gasteiger partial charge < -0.3 is 14.6 Å². The summed E-state index contributed by atoms with van der Waals surface area (Å²) in [5, 5.41) is 1.18. The van der Waals surface area contributed by atoms with Crippen molar-refractivity contribution in [3.05, 3.63) is 71.9 Å². The van der Waals surface area contributed by atoms with Crippen molar-refractivity contribution in [1.82, 2.24) is 9.88 Å². The van der Waals surface area contributed by atoms with Crippen LogP contribution in [0.4, 0.5) is 0 Å². The van der Waals surface area contributed by atoms with Crippen molar-refractivity contribution in [2.45, 2.75) is 52.1 Å². The summed E-state index contributed by atoms with van der Waals surface area (Å²) in [6, 6.07) is 18.0. The molecule has 30 heavy (non-hydrogen) atoms. The molecule has 0 aliphatic heterocycles. The Kier molecular flexibility index (Phi) is 6.93. The second-order valence-electron chi connectivity index (χ2n) is 8.51. The number of rotatable bonds is 8. The number of para-hydroxylation sites is 1. The average Bonchev–Trinajstić information content (AvgIpc) is 3.13. The van der Waals surface area contributed by atoms with Crippen LogP contribution in [0.3, 0.4) is 0 Å². The molecule has 0 aliphatic rings. The van der Waals surface area contributed by atoms with Gasteiger partial charge in [0.2, 0.25) is 0 Å². The van der Waals surface area contributed by atoms with Crippen LogP contribution in [0.5, 0.6) is 0 Å². The normalized spacial score (nSPS) is 11.4. The molecule has 0 atom stereocenters. The molecule has 5 heteroatoms. The smallest absolute Gasteiger partial charge is 0.306 e. The van der Waals surface area contributed by atoms with Gasteiger partial charge in [0.05, 0.1) is 0 Å². The Morgan fingerprint density at radius 1 is 1.00 bits per heavy atom. The van der Waals surface area contributed by atoms with Crippen molar-refractivity contribution in [1.29, 1.82) is 0 Å². The van der Waals surface area contributed by atoms with Crippen LogP contribution in [0.2, 0.25) is 0 Å². The minimum absolute atomic E-state index is 0.184. The maximum Gasteiger partial charge on any atom is 0.306 e. The van der Waals surface area contributed by atoms with E-state index in [9.17, 15) is 9.59 Å². The summed E-state index contributed by atoms with van der Waals surface area (Å²) in [7, 11) is 0. The molecular formula is C25H30N2O3. The first-order valence-electron chi connectivity index (χ1n) is 10.4. The molecule has 158 valence electrons. The van der Waals surface area contributed by atoms with Gasteiger partial charge in [-0.3, -0.25) is 9.59 Å². The first-order chi connectivity index (χ1) is 14.3. The van der Waals surface area contributed by atoms with Gasteiger partial charge in [0, 0.05) is 35.6 Å². The summed E-state index contributed by atoms with van der Waals surface area (Å²) in [6.45, 7) is 6.21. The second-order valence-corrected chi connectivity index (χ2v) is 8.51. The number of H-pyrrole nitrogens is 1. The number of amides is 1. The Bertz CT molecular complexity index is 986. The number of aromatic nitrogens is 1. The molecule has 0 aliphatic carbocycles. The predicted octanol–water partition coefficient (Wildman–Crippen LogP) is 4.86. The predicted molar refractivity (Wildman–Crippen MR) is 119 cm³/mol. The van der Waals surface area contributed by atoms with Gasteiger partial charge in [-0.25, -0.2) is 0 Å². The van der Waals surface area contributed by atoms with Crippen molar-refractivity contribution in [3.8, 4) is 0 Å². The van der Waals surface area contributed by atoms with Gasteiger partial charge in [-0.1, -0.05) is 48.5 Å². The molecule has 1 amide bonds. The average molecular weight is 407 g/mol. The molecule has 0 saturated carbocycles. The minimum Gasteiger partial charge on any atom is -0.456 e. The molecule has 0 radical (unpaired) electrons. The molecule has 0 unspecified atom stereocenters. The second kappa shape index (κ2) is 9.61. The van der Waals surface area contributed by atoms with Gasteiger partial charge in [-0.2, -0.15) is 0 Å². The quantitative estimate of drug-likeness (QED) is 0.543. The maximum absolute atomic E-state index is 12.8. The van der Waals surface area contributed by atoms with Crippen LogP contribution in [0.15, 0.2) is 60.8 Å². The van der Waals surface area contributed by atoms with E-state index in [-0.39, 0.29) is 24.0 Å². The molecule has 1 aromatic heterocycles. The lowest BCUT2D eigenvalue weighted by atomic mass is 10.0. The van der Waals surface area contributed by atoms with Crippen LogP contribution in [-0.4, -0.2) is 33.9 Å². The zero-order chi connectivity index (χ0) is 21.6. The minimum atomic E-state index is -0.366. The molecule has 5 nitrogen and oxygen atoms in total. The van der Waals surface area contributed by atoms with E-state index in [2.05, 4.69) is 11.1 Å². The van der Waals surface area contributed by atoms with Crippen molar-refractivity contribution in [3.63, 3.8) is 0 Å². The highest BCUT2D eigenvalue weighted by molar-refractivity contribution is 5.83. The number of esters is 1. The lowest BCUT2D eigenvalue weighted by Gasteiger charge is -2.35. The fraction of sp³-hybridized carbons (Fsp3) is 0.360. The van der Waals surface area contributed by atoms with E-state index in [0.29, 0.717) is 19.4 Å². The van der Waals surface area contributed by atoms with Gasteiger partial charge >= 0.3 is 5.97 Å². The highest BCUT2D eigenvalue weighted by Crippen LogP contribution is 2.20. The molecule has 2 aromatic carbocycles. The number of hydrogen-bond donors (Lipinski definition) is 1. The highest BCUT2D eigenvalue weighted by atomic mass is 16.5. The number of carbonyl (C=O) groups is 2. The molecule has 0 saturated heterocycles. The number of aromatic amines is 1. The summed E-state index contributed by atoms with van der Waals surface area (Å²) in [6.07, 6.45) is 3.75. The summed E-state index contributed by atoms with van der Waals surface area (Å²) < 4.78 is 5.29. The summed E-state index contributed by atoms with van der Waals surface area (Å²) in [4.78, 5) is 29.9. The fourth-order valence-electron chi connectivity index (χ4n) is 3.52. The third-order valence-corrected chi connectivity index (χ3v) is 5.15. The van der Waals surface area contributed by atoms with Crippen molar-refractivity contribution >= 4 is 22.8 Å². The van der Waals surface area contributed by atoms with Crippen molar-refractivity contribution in [2.75, 3.05) is 6.61 Å². The Morgan fingerprint density at radius 3 is 2.43 bits per heavy atom. The SMILES string of the molecule is CC(C)(C)N(Cc1ccccc1)C(=O)COC(=O)CCCc1c[nH]c2ccccc12. The summed E-state index contributed by atoms with van der Waals surface area (Å²) in [5.74, 6) is -0.520. The number of aryl methyl sites for hydroxylation is 1. The molecule has 0 spiro atoms. The number of benzene rings is 2. The van der Waals surface area contributed by atoms with E-state index in [1.54, 1.807) is 4.90 Å². The standard InChI is InChI=1S/C25H30N2O3/c1-25(2,3)27(17-19-10-5-4-6-11-19)23(28)18-30-24(29)15-9-12-20-16-26-22-14-8-7-13-21(20)22/h4-8,10-11,13-14,16,26H,9,12,15,17-18H2,1-3H3. The molecule has 0 bridgehead atoms. The first-order valence-corrected chi connectivity index (χ1v) is 10.4. The van der Waals surface area contributed by atoms with Gasteiger partial charge in [0.15, 0.2) is 6.61 Å². The topological polar surface area (TPSA) is 62.4 Å². The third-order valence-electron chi connectivity index (χ3n) is 5.15. The summed E-state index contributed by atoms with van der Waals surface area (Å²) >= 11 is 0. The van der Waals surface area contributed by atoms with E-state index >= 15 is 0 Å². The van der Waals surface area contributed by atoms with E-state index in [4.69, 9.17) is 4.74 Å². The van der Waals surface area contributed by atoms with Crippen LogP contribution in [-0.2, 0) is 27.3 Å². The highest BCUT2D eigenvalue weighted by Gasteiger charge is 2.27. The van der Waals surface area contributed by atoms with E-state index in [0.717, 1.165) is 17.5 Å². The van der Waals surface area contributed by atoms with E-state index in [1.807, 2.05) is 75.5 Å². The number of carbonyl (C=O) groups excluding carboxylic acids is 2. The van der Waals surface area contributed by atoms with Crippen LogP contribution in [0.25, 0.3) is 10.9 Å². The number of ether oxygens (including phenoxy) is 1. The van der Waals surface area contributed by atoms with Crippen molar-refractivity contribution in [2.24, 2.45) is 0 Å². The van der Waals surface area contributed by atoms with Gasteiger partial charge in [-0.15, -0.1) is 0 Å². The summed E-state index contributed by atoms with van der Waals surface area (Å²) in [5.41, 5.74) is 2.97. The largest absolute Gasteiger partial charge is 0.456 e. The van der Waals surface area contributed by atoms with Crippen LogP contribution in [0, 0.1) is 0 Å². The third kappa shape index (κ3) is 5.72.